The van der Waals surface area contributed by atoms with Crippen LogP contribution in [0.15, 0.2) is 6.20 Å². The number of nitrogens with zero attached hydrogens (tertiary/aromatic N) is 3. The number of esters is 1. The number of likely N-dealkylation sites (tertiary alicyclic amines) is 1. The SMILES string of the molecule is CCOC(=O)c1cnn(C)c1CN1CCCCC1CCO. The number of hydrogen-bond acceptors (Lipinski definition) is 5. The van der Waals surface area contributed by atoms with Crippen LogP contribution in [0.5, 0.6) is 0 Å². The molecule has 0 radical (unpaired) electrons. The average Bonchev–Trinajstić information content (AvgIpc) is 2.83. The van der Waals surface area contributed by atoms with Crippen molar-refractivity contribution >= 4 is 5.97 Å². The molecule has 1 atom stereocenters. The van der Waals surface area contributed by atoms with Gasteiger partial charge < -0.3 is 9.84 Å². The molecule has 0 aliphatic carbocycles. The molecule has 1 unspecified atom stereocenters. The van der Waals surface area contributed by atoms with Crippen LogP contribution in [0.25, 0.3) is 0 Å². The highest BCUT2D eigenvalue weighted by Gasteiger charge is 2.25. The van der Waals surface area contributed by atoms with Crippen molar-refractivity contribution in [3.8, 4) is 0 Å². The average molecular weight is 295 g/mol. The van der Waals surface area contributed by atoms with Crippen molar-refractivity contribution in [1.29, 1.82) is 0 Å². The van der Waals surface area contributed by atoms with Crippen LogP contribution in [-0.2, 0) is 18.3 Å². The number of aliphatic hydroxyl groups excluding tert-OH is 1. The molecule has 1 saturated heterocycles. The first kappa shape index (κ1) is 16.0. The van der Waals surface area contributed by atoms with Crippen LogP contribution < -0.4 is 0 Å². The Morgan fingerprint density at radius 1 is 1.52 bits per heavy atom. The highest BCUT2D eigenvalue weighted by atomic mass is 16.5. The standard InChI is InChI=1S/C15H25N3O3/c1-3-21-15(20)13-10-16-17(2)14(13)11-18-8-5-4-6-12(18)7-9-19/h10,12,19H,3-9,11H2,1-2H3. The Morgan fingerprint density at radius 3 is 3.05 bits per heavy atom. The zero-order valence-corrected chi connectivity index (χ0v) is 12.9. The van der Waals surface area contributed by atoms with E-state index >= 15 is 0 Å². The van der Waals surface area contributed by atoms with Crippen molar-refractivity contribution in [2.24, 2.45) is 7.05 Å². The number of aryl methyl sites for hydroxylation is 1. The maximum atomic E-state index is 12.0. The van der Waals surface area contributed by atoms with Crippen LogP contribution in [0.1, 0.15) is 48.7 Å². The number of piperidine rings is 1. The van der Waals surface area contributed by atoms with Crippen LogP contribution in [0.3, 0.4) is 0 Å². The third kappa shape index (κ3) is 3.83. The molecule has 2 rings (SSSR count). The van der Waals surface area contributed by atoms with Crippen molar-refractivity contribution in [2.75, 3.05) is 19.8 Å². The zero-order valence-electron chi connectivity index (χ0n) is 12.9. The van der Waals surface area contributed by atoms with Crippen molar-refractivity contribution in [3.63, 3.8) is 0 Å². The van der Waals surface area contributed by atoms with Gasteiger partial charge in [0.15, 0.2) is 0 Å². The predicted octanol–water partition coefficient (Wildman–Crippen LogP) is 1.33. The minimum atomic E-state index is -0.309. The molecule has 0 amide bonds. The van der Waals surface area contributed by atoms with Crippen LogP contribution in [0.2, 0.25) is 0 Å². The van der Waals surface area contributed by atoms with Crippen molar-refractivity contribution in [1.82, 2.24) is 14.7 Å². The van der Waals surface area contributed by atoms with E-state index in [2.05, 4.69) is 10.00 Å². The summed E-state index contributed by atoms with van der Waals surface area (Å²) in [5.41, 5.74) is 1.44. The molecular weight excluding hydrogens is 270 g/mol. The van der Waals surface area contributed by atoms with Gasteiger partial charge in [-0.05, 0) is 32.7 Å². The Balaban J connectivity index is 2.14. The predicted molar refractivity (Wildman–Crippen MR) is 78.9 cm³/mol. The summed E-state index contributed by atoms with van der Waals surface area (Å²) in [4.78, 5) is 14.3. The highest BCUT2D eigenvalue weighted by Crippen LogP contribution is 2.23. The third-order valence-corrected chi connectivity index (χ3v) is 4.12. The van der Waals surface area contributed by atoms with E-state index in [1.807, 2.05) is 7.05 Å². The van der Waals surface area contributed by atoms with Crippen molar-refractivity contribution in [3.05, 3.63) is 17.5 Å². The molecule has 1 aromatic heterocycles. The molecule has 2 heterocycles. The number of aromatic nitrogens is 2. The van der Waals surface area contributed by atoms with Crippen LogP contribution in [0, 0.1) is 0 Å². The minimum absolute atomic E-state index is 0.206. The molecule has 6 nitrogen and oxygen atoms in total. The fourth-order valence-corrected chi connectivity index (χ4v) is 2.97. The second-order valence-electron chi connectivity index (χ2n) is 5.48. The number of aliphatic hydroxyl groups is 1. The van der Waals surface area contributed by atoms with E-state index in [0.29, 0.717) is 24.8 Å². The number of carbonyl (C=O) groups excluding carboxylic acids is 1. The summed E-state index contributed by atoms with van der Waals surface area (Å²) in [7, 11) is 1.85. The molecule has 0 saturated carbocycles. The van der Waals surface area contributed by atoms with E-state index in [9.17, 15) is 9.90 Å². The Labute approximate surface area is 125 Å². The van der Waals surface area contributed by atoms with E-state index in [0.717, 1.165) is 31.5 Å². The number of rotatable bonds is 6. The quantitative estimate of drug-likeness (QED) is 0.802. The lowest BCUT2D eigenvalue weighted by atomic mass is 9.99. The summed E-state index contributed by atoms with van der Waals surface area (Å²) in [5, 5.41) is 13.4. The Hall–Kier alpha value is -1.40. The number of ether oxygens (including phenoxy) is 1. The normalized spacial score (nSPS) is 19.7. The second kappa shape index (κ2) is 7.56. The molecule has 1 N–H and O–H groups in total. The molecule has 1 aliphatic rings. The maximum Gasteiger partial charge on any atom is 0.341 e. The van der Waals surface area contributed by atoms with Gasteiger partial charge in [0.05, 0.1) is 18.5 Å². The monoisotopic (exact) mass is 295 g/mol. The van der Waals surface area contributed by atoms with E-state index in [1.54, 1.807) is 17.8 Å². The maximum absolute atomic E-state index is 12.0. The van der Waals surface area contributed by atoms with Crippen LogP contribution in [-0.4, -0.2) is 51.6 Å². The first-order valence-electron chi connectivity index (χ1n) is 7.70. The lowest BCUT2D eigenvalue weighted by Gasteiger charge is -2.35. The number of carbonyl (C=O) groups is 1. The van der Waals surface area contributed by atoms with Gasteiger partial charge in [0.2, 0.25) is 0 Å². The summed E-state index contributed by atoms with van der Waals surface area (Å²) in [6, 6.07) is 0.383. The summed E-state index contributed by atoms with van der Waals surface area (Å²) in [5.74, 6) is -0.309. The summed E-state index contributed by atoms with van der Waals surface area (Å²) in [6.07, 6.45) is 5.84. The molecule has 118 valence electrons. The molecule has 0 aromatic carbocycles. The van der Waals surface area contributed by atoms with Crippen molar-refractivity contribution in [2.45, 2.75) is 45.2 Å². The fraction of sp³-hybridized carbons (Fsp3) is 0.733. The summed E-state index contributed by atoms with van der Waals surface area (Å²) >= 11 is 0. The van der Waals surface area contributed by atoms with Crippen LogP contribution in [0.4, 0.5) is 0 Å². The van der Waals surface area contributed by atoms with Gasteiger partial charge in [-0.25, -0.2) is 4.79 Å². The minimum Gasteiger partial charge on any atom is -0.462 e. The molecule has 21 heavy (non-hydrogen) atoms. The molecule has 0 bridgehead atoms. The third-order valence-electron chi connectivity index (χ3n) is 4.12. The van der Waals surface area contributed by atoms with Gasteiger partial charge in [0, 0.05) is 26.2 Å². The van der Waals surface area contributed by atoms with E-state index < -0.39 is 0 Å². The molecule has 1 aromatic rings. The first-order chi connectivity index (χ1) is 10.2. The molecule has 1 aliphatic heterocycles. The molecular formula is C15H25N3O3. The van der Waals surface area contributed by atoms with Gasteiger partial charge in [-0.3, -0.25) is 9.58 Å². The van der Waals surface area contributed by atoms with E-state index in [4.69, 9.17) is 4.74 Å². The Morgan fingerprint density at radius 2 is 2.33 bits per heavy atom. The van der Waals surface area contributed by atoms with Gasteiger partial charge in [-0.2, -0.15) is 5.10 Å². The Bertz CT molecular complexity index is 471. The van der Waals surface area contributed by atoms with Crippen molar-refractivity contribution < 1.29 is 14.6 Å². The van der Waals surface area contributed by atoms with E-state index in [1.165, 1.54) is 6.42 Å². The lowest BCUT2D eigenvalue weighted by Crippen LogP contribution is -2.40. The second-order valence-corrected chi connectivity index (χ2v) is 5.48. The summed E-state index contributed by atoms with van der Waals surface area (Å²) < 4.78 is 6.84. The van der Waals surface area contributed by atoms with Crippen LogP contribution >= 0.6 is 0 Å². The largest absolute Gasteiger partial charge is 0.462 e. The smallest absolute Gasteiger partial charge is 0.341 e. The highest BCUT2D eigenvalue weighted by molar-refractivity contribution is 5.90. The summed E-state index contributed by atoms with van der Waals surface area (Å²) in [6.45, 7) is 4.05. The molecule has 1 fully saturated rings. The molecule has 0 spiro atoms. The lowest BCUT2D eigenvalue weighted by molar-refractivity contribution is 0.0520. The fourth-order valence-electron chi connectivity index (χ4n) is 2.97. The van der Waals surface area contributed by atoms with Gasteiger partial charge >= 0.3 is 5.97 Å². The number of hydrogen-bond donors (Lipinski definition) is 1. The topological polar surface area (TPSA) is 67.6 Å². The van der Waals surface area contributed by atoms with Gasteiger partial charge in [-0.15, -0.1) is 0 Å². The zero-order chi connectivity index (χ0) is 15.2. The Kier molecular flexibility index (Phi) is 5.76. The van der Waals surface area contributed by atoms with E-state index in [-0.39, 0.29) is 12.6 Å². The first-order valence-corrected chi connectivity index (χ1v) is 7.70. The van der Waals surface area contributed by atoms with Gasteiger partial charge in [0.25, 0.3) is 0 Å². The van der Waals surface area contributed by atoms with Gasteiger partial charge in [0.1, 0.15) is 5.56 Å². The van der Waals surface area contributed by atoms with Gasteiger partial charge in [-0.1, -0.05) is 6.42 Å². The molecule has 6 heteroatoms.